The third kappa shape index (κ3) is 2.55. The van der Waals surface area contributed by atoms with Crippen molar-refractivity contribution in [2.45, 2.75) is 19.9 Å². The number of hydrogen-bond donors (Lipinski definition) is 0. The summed E-state index contributed by atoms with van der Waals surface area (Å²) >= 11 is 3.47. The highest BCUT2D eigenvalue weighted by molar-refractivity contribution is 9.10. The van der Waals surface area contributed by atoms with Crippen molar-refractivity contribution in [2.24, 2.45) is 0 Å². The maximum Gasteiger partial charge on any atom is 0.0565 e. The van der Waals surface area contributed by atoms with Gasteiger partial charge in [0.1, 0.15) is 0 Å². The molecule has 1 atom stereocenters. The smallest absolute Gasteiger partial charge is 0.0565 e. The quantitative estimate of drug-likeness (QED) is 0.831. The summed E-state index contributed by atoms with van der Waals surface area (Å²) in [6, 6.07) is 2.76. The Kier molecular flexibility index (Phi) is 3.82. The fraction of sp³-hybridized carbons (Fsp3) is 0.583. The van der Waals surface area contributed by atoms with Crippen molar-refractivity contribution in [3.05, 3.63) is 22.9 Å². The molecule has 3 nitrogen and oxygen atoms in total. The summed E-state index contributed by atoms with van der Waals surface area (Å²) in [5.74, 6) is 0. The average molecular weight is 284 g/mol. The second-order valence-electron chi connectivity index (χ2n) is 4.28. The lowest BCUT2D eigenvalue weighted by Gasteiger charge is -2.40. The van der Waals surface area contributed by atoms with Gasteiger partial charge in [-0.3, -0.25) is 9.88 Å². The average Bonchev–Trinajstić information content (AvgIpc) is 2.29. The van der Waals surface area contributed by atoms with Crippen LogP contribution in [0.3, 0.4) is 0 Å². The van der Waals surface area contributed by atoms with Gasteiger partial charge in [0.2, 0.25) is 0 Å². The molecule has 0 radical (unpaired) electrons. The lowest BCUT2D eigenvalue weighted by atomic mass is 10.2. The van der Waals surface area contributed by atoms with Crippen LogP contribution in [0.25, 0.3) is 0 Å². The van der Waals surface area contributed by atoms with E-state index in [1.807, 2.05) is 12.4 Å². The zero-order chi connectivity index (χ0) is 11.5. The van der Waals surface area contributed by atoms with Crippen molar-refractivity contribution in [3.63, 3.8) is 0 Å². The van der Waals surface area contributed by atoms with Crippen LogP contribution in [0, 0.1) is 0 Å². The highest BCUT2D eigenvalue weighted by atomic mass is 79.9. The minimum Gasteiger partial charge on any atom is -0.367 e. The number of piperazine rings is 1. The van der Waals surface area contributed by atoms with Crippen molar-refractivity contribution in [1.82, 2.24) is 9.88 Å². The minimum absolute atomic E-state index is 0.623. The molecule has 0 spiro atoms. The van der Waals surface area contributed by atoms with Gasteiger partial charge in [-0.2, -0.15) is 0 Å². The van der Waals surface area contributed by atoms with E-state index in [9.17, 15) is 0 Å². The van der Waals surface area contributed by atoms with Crippen LogP contribution in [-0.4, -0.2) is 42.1 Å². The van der Waals surface area contributed by atoms with Gasteiger partial charge in [0.15, 0.2) is 0 Å². The van der Waals surface area contributed by atoms with Gasteiger partial charge in [-0.1, -0.05) is 6.92 Å². The molecule has 1 aliphatic rings. The molecule has 1 aromatic heterocycles. The molecule has 0 amide bonds. The zero-order valence-corrected chi connectivity index (χ0v) is 11.4. The molecule has 1 aromatic rings. The van der Waals surface area contributed by atoms with E-state index in [2.05, 4.69) is 50.6 Å². The van der Waals surface area contributed by atoms with Crippen LogP contribution in [0.15, 0.2) is 22.9 Å². The number of hydrogen-bond acceptors (Lipinski definition) is 3. The second-order valence-corrected chi connectivity index (χ2v) is 5.20. The first kappa shape index (κ1) is 11.9. The third-order valence-electron chi connectivity index (χ3n) is 3.23. The van der Waals surface area contributed by atoms with E-state index in [0.717, 1.165) is 30.7 Å². The Hall–Kier alpha value is -0.610. The van der Waals surface area contributed by atoms with Crippen molar-refractivity contribution in [2.75, 3.05) is 31.1 Å². The van der Waals surface area contributed by atoms with Gasteiger partial charge in [-0.15, -0.1) is 0 Å². The predicted octanol–water partition coefficient (Wildman–Crippen LogP) is 2.37. The number of anilines is 1. The van der Waals surface area contributed by atoms with Crippen LogP contribution >= 0.6 is 15.9 Å². The summed E-state index contributed by atoms with van der Waals surface area (Å²) in [6.45, 7) is 8.99. The van der Waals surface area contributed by atoms with E-state index < -0.39 is 0 Å². The fourth-order valence-electron chi connectivity index (χ4n) is 2.27. The fourth-order valence-corrected chi connectivity index (χ4v) is 2.63. The predicted molar refractivity (Wildman–Crippen MR) is 70.9 cm³/mol. The molecule has 88 valence electrons. The molecule has 1 fully saturated rings. The molecule has 2 rings (SSSR count). The van der Waals surface area contributed by atoms with E-state index in [4.69, 9.17) is 0 Å². The molecule has 0 saturated carbocycles. The molecule has 2 heterocycles. The maximum atomic E-state index is 4.22. The summed E-state index contributed by atoms with van der Waals surface area (Å²) in [6.07, 6.45) is 3.77. The maximum absolute atomic E-state index is 4.22. The topological polar surface area (TPSA) is 19.4 Å². The lowest BCUT2D eigenvalue weighted by molar-refractivity contribution is 0.199. The van der Waals surface area contributed by atoms with Crippen LogP contribution in [-0.2, 0) is 0 Å². The largest absolute Gasteiger partial charge is 0.367 e. The lowest BCUT2D eigenvalue weighted by Crippen LogP contribution is -2.51. The Morgan fingerprint density at radius 1 is 1.44 bits per heavy atom. The normalized spacial score (nSPS) is 22.4. The van der Waals surface area contributed by atoms with Gasteiger partial charge in [0, 0.05) is 36.3 Å². The van der Waals surface area contributed by atoms with Crippen LogP contribution in [0.1, 0.15) is 13.8 Å². The molecule has 0 aromatic carbocycles. The Balaban J connectivity index is 2.07. The Bertz CT molecular complexity index is 356. The van der Waals surface area contributed by atoms with Gasteiger partial charge >= 0.3 is 0 Å². The molecule has 0 unspecified atom stereocenters. The molecule has 0 aliphatic carbocycles. The van der Waals surface area contributed by atoms with Crippen molar-refractivity contribution >= 4 is 21.6 Å². The highest BCUT2D eigenvalue weighted by Crippen LogP contribution is 2.21. The van der Waals surface area contributed by atoms with E-state index in [1.54, 1.807) is 0 Å². The van der Waals surface area contributed by atoms with Crippen molar-refractivity contribution < 1.29 is 0 Å². The number of pyridine rings is 1. The Labute approximate surface area is 106 Å². The molecule has 1 aliphatic heterocycles. The Morgan fingerprint density at radius 3 is 2.88 bits per heavy atom. The molecule has 0 bridgehead atoms. The first-order valence-corrected chi connectivity index (χ1v) is 6.59. The minimum atomic E-state index is 0.623. The monoisotopic (exact) mass is 283 g/mol. The summed E-state index contributed by atoms with van der Waals surface area (Å²) in [5, 5.41) is 0. The summed E-state index contributed by atoms with van der Waals surface area (Å²) in [4.78, 5) is 9.15. The van der Waals surface area contributed by atoms with Crippen LogP contribution in [0.2, 0.25) is 0 Å². The second kappa shape index (κ2) is 5.15. The first-order chi connectivity index (χ1) is 7.70. The van der Waals surface area contributed by atoms with Gasteiger partial charge in [0.05, 0.1) is 11.9 Å². The molecule has 0 N–H and O–H groups in total. The van der Waals surface area contributed by atoms with Gasteiger partial charge < -0.3 is 4.90 Å². The molecular formula is C12H18BrN3. The van der Waals surface area contributed by atoms with Crippen molar-refractivity contribution in [3.8, 4) is 0 Å². The number of halogens is 1. The molecule has 4 heteroatoms. The standard InChI is InChI=1S/C12H18BrN3/c1-3-15-4-5-16(9-10(15)2)12-6-11(13)7-14-8-12/h6-8,10H,3-5,9H2,1-2H3/t10-/m1/s1. The van der Waals surface area contributed by atoms with Crippen LogP contribution in [0.5, 0.6) is 0 Å². The van der Waals surface area contributed by atoms with E-state index in [0.29, 0.717) is 6.04 Å². The molecular weight excluding hydrogens is 266 g/mol. The summed E-state index contributed by atoms with van der Waals surface area (Å²) < 4.78 is 1.05. The van der Waals surface area contributed by atoms with Gasteiger partial charge in [0.25, 0.3) is 0 Å². The number of likely N-dealkylation sites (N-methyl/N-ethyl adjacent to an activating group) is 1. The SMILES string of the molecule is CCN1CCN(c2cncc(Br)c2)C[C@H]1C. The number of aromatic nitrogens is 1. The first-order valence-electron chi connectivity index (χ1n) is 5.80. The van der Waals surface area contributed by atoms with Crippen molar-refractivity contribution in [1.29, 1.82) is 0 Å². The van der Waals surface area contributed by atoms with E-state index in [-0.39, 0.29) is 0 Å². The highest BCUT2D eigenvalue weighted by Gasteiger charge is 2.22. The van der Waals surface area contributed by atoms with Gasteiger partial charge in [-0.05, 0) is 35.5 Å². The summed E-state index contributed by atoms with van der Waals surface area (Å²) in [7, 11) is 0. The molecule has 1 saturated heterocycles. The van der Waals surface area contributed by atoms with Crippen LogP contribution < -0.4 is 4.90 Å². The zero-order valence-electron chi connectivity index (χ0n) is 9.86. The number of rotatable bonds is 2. The number of nitrogens with zero attached hydrogens (tertiary/aromatic N) is 3. The van der Waals surface area contributed by atoms with E-state index in [1.165, 1.54) is 5.69 Å². The van der Waals surface area contributed by atoms with E-state index >= 15 is 0 Å². The summed E-state index contributed by atoms with van der Waals surface area (Å²) in [5.41, 5.74) is 1.22. The van der Waals surface area contributed by atoms with Gasteiger partial charge in [-0.25, -0.2) is 0 Å². The Morgan fingerprint density at radius 2 is 2.25 bits per heavy atom. The third-order valence-corrected chi connectivity index (χ3v) is 3.66. The van der Waals surface area contributed by atoms with Crippen LogP contribution in [0.4, 0.5) is 5.69 Å². The molecule has 16 heavy (non-hydrogen) atoms.